The average molecular weight is 231 g/mol. The van der Waals surface area contributed by atoms with Gasteiger partial charge in [0.05, 0.1) is 17.9 Å². The predicted octanol–water partition coefficient (Wildman–Crippen LogP) is 1.47. The Balaban J connectivity index is 1.99. The van der Waals surface area contributed by atoms with Crippen LogP contribution in [0, 0.1) is 0 Å². The number of likely N-dealkylation sites (tertiary alicyclic amines) is 1. The maximum atomic E-state index is 5.74. The molecule has 2 aromatic heterocycles. The minimum Gasteiger partial charge on any atom is -0.397 e. The van der Waals surface area contributed by atoms with Crippen molar-refractivity contribution in [2.45, 2.75) is 25.3 Å². The van der Waals surface area contributed by atoms with Gasteiger partial charge >= 0.3 is 0 Å². The van der Waals surface area contributed by atoms with Crippen LogP contribution in [0.2, 0.25) is 0 Å². The standard InChI is InChI=1S/C12H17N5/c1-16-7-3-2-4-10(16)12-14-11-6-5-9(13)8-17(11)15-12/h5-6,8,10H,2-4,7,13H2,1H3. The predicted molar refractivity (Wildman–Crippen MR) is 66.6 cm³/mol. The van der Waals surface area contributed by atoms with E-state index in [1.165, 1.54) is 12.8 Å². The number of nitrogen functional groups attached to an aromatic ring is 1. The molecule has 0 spiro atoms. The fourth-order valence-electron chi connectivity index (χ4n) is 2.46. The molecule has 1 aliphatic rings. The molecule has 3 rings (SSSR count). The minimum absolute atomic E-state index is 0.352. The van der Waals surface area contributed by atoms with Crippen LogP contribution in [0.4, 0.5) is 5.69 Å². The van der Waals surface area contributed by atoms with Crippen molar-refractivity contribution in [2.24, 2.45) is 0 Å². The Kier molecular flexibility index (Phi) is 2.48. The van der Waals surface area contributed by atoms with Crippen molar-refractivity contribution in [1.29, 1.82) is 0 Å². The lowest BCUT2D eigenvalue weighted by molar-refractivity contribution is 0.179. The summed E-state index contributed by atoms with van der Waals surface area (Å²) in [6, 6.07) is 4.12. The second kappa shape index (κ2) is 4.00. The van der Waals surface area contributed by atoms with Gasteiger partial charge in [-0.1, -0.05) is 6.42 Å². The Morgan fingerprint density at radius 3 is 3.06 bits per heavy atom. The summed E-state index contributed by atoms with van der Waals surface area (Å²) < 4.78 is 1.77. The number of fused-ring (bicyclic) bond motifs is 1. The smallest absolute Gasteiger partial charge is 0.168 e. The normalized spacial score (nSPS) is 22.1. The van der Waals surface area contributed by atoms with Crippen LogP contribution in [0.25, 0.3) is 5.65 Å². The van der Waals surface area contributed by atoms with Gasteiger partial charge in [-0.3, -0.25) is 4.90 Å². The molecule has 3 heterocycles. The molecular weight excluding hydrogens is 214 g/mol. The van der Waals surface area contributed by atoms with Gasteiger partial charge < -0.3 is 5.73 Å². The summed E-state index contributed by atoms with van der Waals surface area (Å²) in [6.45, 7) is 1.13. The molecule has 0 bridgehead atoms. The van der Waals surface area contributed by atoms with Crippen LogP contribution in [0.5, 0.6) is 0 Å². The van der Waals surface area contributed by atoms with Crippen molar-refractivity contribution >= 4 is 11.3 Å². The Bertz CT molecular complexity index is 533. The third kappa shape index (κ3) is 1.86. The van der Waals surface area contributed by atoms with Crippen LogP contribution in [-0.2, 0) is 0 Å². The van der Waals surface area contributed by atoms with Gasteiger partial charge in [-0.25, -0.2) is 9.50 Å². The summed E-state index contributed by atoms with van der Waals surface area (Å²) in [5.41, 5.74) is 7.32. The Hall–Kier alpha value is -1.62. The van der Waals surface area contributed by atoms with Crippen molar-refractivity contribution in [3.05, 3.63) is 24.2 Å². The average Bonchev–Trinajstić information content (AvgIpc) is 2.72. The first-order valence-corrected chi connectivity index (χ1v) is 6.06. The molecule has 90 valence electrons. The molecular formula is C12H17N5. The van der Waals surface area contributed by atoms with E-state index in [9.17, 15) is 0 Å². The number of anilines is 1. The van der Waals surface area contributed by atoms with Gasteiger partial charge in [-0.05, 0) is 38.6 Å². The molecule has 2 aromatic rings. The number of hydrogen-bond donors (Lipinski definition) is 1. The first-order valence-electron chi connectivity index (χ1n) is 6.06. The van der Waals surface area contributed by atoms with Crippen LogP contribution in [0.1, 0.15) is 31.1 Å². The molecule has 1 saturated heterocycles. The van der Waals surface area contributed by atoms with E-state index in [1.54, 1.807) is 4.52 Å². The maximum Gasteiger partial charge on any atom is 0.168 e. The van der Waals surface area contributed by atoms with Gasteiger partial charge in [0, 0.05) is 0 Å². The highest BCUT2D eigenvalue weighted by Gasteiger charge is 2.24. The molecule has 1 atom stereocenters. The second-order valence-corrected chi connectivity index (χ2v) is 4.73. The monoisotopic (exact) mass is 231 g/mol. The number of piperidine rings is 1. The molecule has 0 aromatic carbocycles. The van der Waals surface area contributed by atoms with Crippen LogP contribution < -0.4 is 5.73 Å². The van der Waals surface area contributed by atoms with Crippen molar-refractivity contribution in [3.63, 3.8) is 0 Å². The molecule has 5 heteroatoms. The zero-order valence-electron chi connectivity index (χ0n) is 10.0. The SMILES string of the molecule is CN1CCCCC1c1nc2ccc(N)cn2n1. The van der Waals surface area contributed by atoms with E-state index >= 15 is 0 Å². The Morgan fingerprint density at radius 1 is 1.35 bits per heavy atom. The molecule has 1 unspecified atom stereocenters. The summed E-state index contributed by atoms with van der Waals surface area (Å²) in [7, 11) is 2.14. The van der Waals surface area contributed by atoms with E-state index in [-0.39, 0.29) is 0 Å². The number of nitrogens with two attached hydrogens (primary N) is 1. The summed E-state index contributed by atoms with van der Waals surface area (Å²) in [5.74, 6) is 0.915. The van der Waals surface area contributed by atoms with Gasteiger partial charge in [0.15, 0.2) is 11.5 Å². The van der Waals surface area contributed by atoms with Crippen molar-refractivity contribution in [1.82, 2.24) is 19.5 Å². The molecule has 0 saturated carbocycles. The van der Waals surface area contributed by atoms with E-state index in [2.05, 4.69) is 22.0 Å². The first kappa shape index (κ1) is 10.5. The molecule has 0 radical (unpaired) electrons. The highest BCUT2D eigenvalue weighted by molar-refractivity contribution is 5.46. The number of nitrogens with zero attached hydrogens (tertiary/aromatic N) is 4. The molecule has 1 fully saturated rings. The van der Waals surface area contributed by atoms with E-state index in [1.807, 2.05) is 18.3 Å². The van der Waals surface area contributed by atoms with E-state index in [4.69, 9.17) is 5.73 Å². The third-order valence-corrected chi connectivity index (χ3v) is 3.44. The van der Waals surface area contributed by atoms with Gasteiger partial charge in [0.1, 0.15) is 0 Å². The lowest BCUT2D eigenvalue weighted by Crippen LogP contribution is -2.30. The third-order valence-electron chi connectivity index (χ3n) is 3.44. The lowest BCUT2D eigenvalue weighted by Gasteiger charge is -2.30. The Morgan fingerprint density at radius 2 is 2.24 bits per heavy atom. The molecule has 5 nitrogen and oxygen atoms in total. The highest BCUT2D eigenvalue weighted by Crippen LogP contribution is 2.27. The fraction of sp³-hybridized carbons (Fsp3) is 0.500. The van der Waals surface area contributed by atoms with Gasteiger partial charge in [-0.15, -0.1) is 5.10 Å². The first-order chi connectivity index (χ1) is 8.24. The second-order valence-electron chi connectivity index (χ2n) is 4.73. The molecule has 0 aliphatic carbocycles. The molecule has 17 heavy (non-hydrogen) atoms. The van der Waals surface area contributed by atoms with Crippen molar-refractivity contribution in [2.75, 3.05) is 19.3 Å². The van der Waals surface area contributed by atoms with Crippen LogP contribution in [0.3, 0.4) is 0 Å². The zero-order chi connectivity index (χ0) is 11.8. The van der Waals surface area contributed by atoms with Crippen molar-refractivity contribution < 1.29 is 0 Å². The van der Waals surface area contributed by atoms with Gasteiger partial charge in [-0.2, -0.15) is 0 Å². The van der Waals surface area contributed by atoms with E-state index in [0.717, 1.165) is 24.4 Å². The molecule has 0 amide bonds. The molecule has 1 aliphatic heterocycles. The lowest BCUT2D eigenvalue weighted by atomic mass is 10.0. The van der Waals surface area contributed by atoms with Gasteiger partial charge in [0.2, 0.25) is 0 Å². The quantitative estimate of drug-likeness (QED) is 0.807. The van der Waals surface area contributed by atoms with Crippen molar-refractivity contribution in [3.8, 4) is 0 Å². The number of hydrogen-bond acceptors (Lipinski definition) is 4. The number of rotatable bonds is 1. The number of aromatic nitrogens is 3. The fourth-order valence-corrected chi connectivity index (χ4v) is 2.46. The van der Waals surface area contributed by atoms with Gasteiger partial charge in [0.25, 0.3) is 0 Å². The summed E-state index contributed by atoms with van der Waals surface area (Å²) in [6.07, 6.45) is 5.48. The summed E-state index contributed by atoms with van der Waals surface area (Å²) in [5, 5.41) is 4.53. The van der Waals surface area contributed by atoms with E-state index in [0.29, 0.717) is 11.7 Å². The largest absolute Gasteiger partial charge is 0.397 e. The highest BCUT2D eigenvalue weighted by atomic mass is 15.3. The van der Waals surface area contributed by atoms with Crippen LogP contribution in [-0.4, -0.2) is 33.1 Å². The van der Waals surface area contributed by atoms with E-state index < -0.39 is 0 Å². The summed E-state index contributed by atoms with van der Waals surface area (Å²) >= 11 is 0. The topological polar surface area (TPSA) is 59.5 Å². The molecule has 2 N–H and O–H groups in total. The van der Waals surface area contributed by atoms with Crippen LogP contribution in [0.15, 0.2) is 18.3 Å². The maximum absolute atomic E-state index is 5.74. The zero-order valence-corrected chi connectivity index (χ0v) is 10.0. The summed E-state index contributed by atoms with van der Waals surface area (Å²) in [4.78, 5) is 6.92. The Labute approximate surface area is 100 Å². The van der Waals surface area contributed by atoms with Crippen LogP contribution >= 0.6 is 0 Å². The minimum atomic E-state index is 0.352. The number of pyridine rings is 1.